The van der Waals surface area contributed by atoms with Gasteiger partial charge < -0.3 is 19.3 Å². The molecule has 3 heterocycles. The van der Waals surface area contributed by atoms with E-state index in [-0.39, 0.29) is 6.61 Å². The molecule has 2 aliphatic rings. The maximum Gasteiger partial charge on any atom is 0.250 e. The lowest BCUT2D eigenvalue weighted by Gasteiger charge is -2.30. The lowest BCUT2D eigenvalue weighted by Crippen LogP contribution is -2.34. The Bertz CT molecular complexity index is 1240. The molecule has 2 aromatic carbocycles. The maximum atomic E-state index is 14.1. The van der Waals surface area contributed by atoms with Crippen LogP contribution < -0.4 is 24.7 Å². The van der Waals surface area contributed by atoms with Crippen LogP contribution in [0.5, 0.6) is 11.5 Å². The Morgan fingerprint density at radius 3 is 2.21 bits per heavy atom. The van der Waals surface area contributed by atoms with Crippen molar-refractivity contribution in [1.29, 1.82) is 0 Å². The minimum atomic E-state index is -0.415. The van der Waals surface area contributed by atoms with Crippen molar-refractivity contribution in [3.63, 3.8) is 0 Å². The van der Waals surface area contributed by atoms with Crippen molar-refractivity contribution in [2.75, 3.05) is 48.5 Å². The number of hydrogen-bond donors (Lipinski definition) is 1. The summed E-state index contributed by atoms with van der Waals surface area (Å²) in [6.07, 6.45) is 8.69. The van der Waals surface area contributed by atoms with Gasteiger partial charge in [0.05, 0.1) is 18.3 Å². The molecule has 2 fully saturated rings. The molecule has 0 radical (unpaired) electrons. The van der Waals surface area contributed by atoms with Gasteiger partial charge in [-0.3, -0.25) is 0 Å². The highest BCUT2D eigenvalue weighted by atomic mass is 35.5. The zero-order valence-electron chi connectivity index (χ0n) is 22.1. The molecule has 206 valence electrons. The Balaban J connectivity index is 1.29. The van der Waals surface area contributed by atoms with Crippen LogP contribution in [-0.4, -0.2) is 54.5 Å². The van der Waals surface area contributed by atoms with Crippen LogP contribution in [0.2, 0.25) is 5.02 Å². The maximum absolute atomic E-state index is 14.1. The number of anilines is 3. The van der Waals surface area contributed by atoms with Gasteiger partial charge in [-0.15, -0.1) is 0 Å². The summed E-state index contributed by atoms with van der Waals surface area (Å²) in [5.74, 6) is 2.35. The Morgan fingerprint density at radius 1 is 0.923 bits per heavy atom. The van der Waals surface area contributed by atoms with Crippen molar-refractivity contribution in [3.05, 3.63) is 58.4 Å². The fourth-order valence-electron chi connectivity index (χ4n) is 4.74. The number of nitrogens with zero attached hydrogens (tertiary/aromatic N) is 6. The lowest BCUT2D eigenvalue weighted by atomic mass is 10.1. The van der Waals surface area contributed by atoms with E-state index in [2.05, 4.69) is 30.3 Å². The van der Waals surface area contributed by atoms with Crippen molar-refractivity contribution in [2.45, 2.75) is 45.1 Å². The van der Waals surface area contributed by atoms with E-state index >= 15 is 0 Å². The monoisotopic (exact) mass is 553 g/mol. The summed E-state index contributed by atoms with van der Waals surface area (Å²) in [5.41, 5.74) is 4.06. The lowest BCUT2D eigenvalue weighted by molar-refractivity contribution is 0.280. The third-order valence-electron chi connectivity index (χ3n) is 6.89. The number of halogens is 2. The van der Waals surface area contributed by atoms with Crippen molar-refractivity contribution < 1.29 is 13.9 Å². The van der Waals surface area contributed by atoms with Crippen LogP contribution in [0.15, 0.2) is 41.5 Å². The number of hydrazone groups is 1. The molecule has 0 spiro atoms. The van der Waals surface area contributed by atoms with Crippen molar-refractivity contribution in [1.82, 2.24) is 15.0 Å². The van der Waals surface area contributed by atoms with Crippen molar-refractivity contribution in [2.24, 2.45) is 5.10 Å². The van der Waals surface area contributed by atoms with E-state index in [1.54, 1.807) is 37.6 Å². The summed E-state index contributed by atoms with van der Waals surface area (Å²) in [4.78, 5) is 18.6. The summed E-state index contributed by atoms with van der Waals surface area (Å²) in [7, 11) is 1.55. The van der Waals surface area contributed by atoms with Crippen LogP contribution in [0.4, 0.5) is 22.2 Å². The van der Waals surface area contributed by atoms with Gasteiger partial charge in [0.1, 0.15) is 12.4 Å². The number of nitrogens with one attached hydrogen (secondary N) is 1. The van der Waals surface area contributed by atoms with Crippen LogP contribution in [0, 0.1) is 5.82 Å². The third kappa shape index (κ3) is 6.86. The summed E-state index contributed by atoms with van der Waals surface area (Å²) in [6.45, 7) is 3.77. The Hall–Kier alpha value is -3.66. The molecule has 0 bridgehead atoms. The minimum absolute atomic E-state index is 0.0189. The average molecular weight is 554 g/mol. The molecular formula is C28H33ClFN7O2. The SMILES string of the molecule is COc1cc(/C=N/Nc2nc(N3CCCCC3)nc(N3CCCCC3)n2)ccc1OCc1c(F)cccc1Cl. The van der Waals surface area contributed by atoms with E-state index in [9.17, 15) is 4.39 Å². The van der Waals surface area contributed by atoms with Crippen LogP contribution in [-0.2, 0) is 6.61 Å². The number of methoxy groups -OCH3 is 1. The van der Waals surface area contributed by atoms with E-state index < -0.39 is 5.82 Å². The smallest absolute Gasteiger partial charge is 0.250 e. The Labute approximate surface area is 233 Å². The van der Waals surface area contributed by atoms with Gasteiger partial charge in [-0.1, -0.05) is 17.7 Å². The number of ether oxygens (including phenoxy) is 2. The molecule has 1 N–H and O–H groups in total. The Morgan fingerprint density at radius 2 is 1.59 bits per heavy atom. The highest BCUT2D eigenvalue weighted by Crippen LogP contribution is 2.30. The third-order valence-corrected chi connectivity index (χ3v) is 7.24. The van der Waals surface area contributed by atoms with Gasteiger partial charge in [0.2, 0.25) is 17.8 Å². The van der Waals surface area contributed by atoms with Crippen LogP contribution in [0.3, 0.4) is 0 Å². The summed E-state index contributed by atoms with van der Waals surface area (Å²) in [6, 6.07) is 9.91. The molecule has 11 heteroatoms. The molecule has 0 unspecified atom stereocenters. The van der Waals surface area contributed by atoms with Gasteiger partial charge in [0, 0.05) is 31.7 Å². The zero-order valence-corrected chi connectivity index (χ0v) is 22.8. The number of rotatable bonds is 9. The standard InChI is InChI=1S/C28H33ClFN7O2/c1-38-25-17-20(11-12-24(25)39-19-21-22(29)9-8-10-23(21)30)18-31-35-26-32-27(36-13-4-2-5-14-36)34-28(33-26)37-15-6-3-7-16-37/h8-12,17-18H,2-7,13-16,19H2,1H3,(H,32,33,34,35)/b31-18+. The molecule has 0 saturated carbocycles. The average Bonchev–Trinajstić information content (AvgIpc) is 2.98. The molecule has 2 aliphatic heterocycles. The number of hydrogen-bond acceptors (Lipinski definition) is 9. The van der Waals surface area contributed by atoms with Gasteiger partial charge >= 0.3 is 0 Å². The van der Waals surface area contributed by atoms with Crippen LogP contribution >= 0.6 is 11.6 Å². The van der Waals surface area contributed by atoms with Gasteiger partial charge in [-0.25, -0.2) is 9.82 Å². The van der Waals surface area contributed by atoms with Crippen LogP contribution in [0.25, 0.3) is 0 Å². The van der Waals surface area contributed by atoms with Gasteiger partial charge in [-0.05, 0) is 74.4 Å². The first kappa shape index (κ1) is 26.9. The topological polar surface area (TPSA) is 88.0 Å². The predicted molar refractivity (Wildman–Crippen MR) is 152 cm³/mol. The molecule has 2 saturated heterocycles. The first-order chi connectivity index (χ1) is 19.1. The normalized spacial score (nSPS) is 16.0. The molecule has 0 aliphatic carbocycles. The highest BCUT2D eigenvalue weighted by molar-refractivity contribution is 6.31. The second-order valence-corrected chi connectivity index (χ2v) is 10.0. The molecule has 0 amide bonds. The molecule has 3 aromatic rings. The summed E-state index contributed by atoms with van der Waals surface area (Å²) in [5, 5.41) is 4.69. The van der Waals surface area contributed by atoms with Gasteiger partial charge in [-0.2, -0.15) is 20.1 Å². The second kappa shape index (κ2) is 12.9. The predicted octanol–water partition coefficient (Wildman–Crippen LogP) is 5.68. The van der Waals surface area contributed by atoms with E-state index in [4.69, 9.17) is 26.1 Å². The highest BCUT2D eigenvalue weighted by Gasteiger charge is 2.20. The number of aromatic nitrogens is 3. The molecular weight excluding hydrogens is 521 g/mol. The van der Waals surface area contributed by atoms with E-state index in [1.807, 2.05) is 6.07 Å². The molecule has 1 aromatic heterocycles. The molecule has 39 heavy (non-hydrogen) atoms. The van der Waals surface area contributed by atoms with Crippen LogP contribution in [0.1, 0.15) is 49.7 Å². The minimum Gasteiger partial charge on any atom is -0.493 e. The first-order valence-electron chi connectivity index (χ1n) is 13.4. The van der Waals surface area contributed by atoms with Crippen molar-refractivity contribution >= 4 is 35.7 Å². The first-order valence-corrected chi connectivity index (χ1v) is 13.8. The fraction of sp³-hybridized carbons (Fsp3) is 0.429. The van der Waals surface area contributed by atoms with E-state index in [1.165, 1.54) is 18.9 Å². The Kier molecular flexibility index (Phi) is 8.93. The summed E-state index contributed by atoms with van der Waals surface area (Å²) < 4.78 is 25.4. The molecule has 9 nitrogen and oxygen atoms in total. The van der Waals surface area contributed by atoms with Gasteiger partial charge in [0.15, 0.2) is 11.5 Å². The quantitative estimate of drug-likeness (QED) is 0.267. The fourth-order valence-corrected chi connectivity index (χ4v) is 4.96. The number of piperidine rings is 2. The number of benzene rings is 2. The zero-order chi connectivity index (χ0) is 27.0. The molecule has 0 atom stereocenters. The molecule has 5 rings (SSSR count). The van der Waals surface area contributed by atoms with Crippen molar-refractivity contribution in [3.8, 4) is 11.5 Å². The largest absolute Gasteiger partial charge is 0.493 e. The van der Waals surface area contributed by atoms with Gasteiger partial charge in [0.25, 0.3) is 0 Å². The summed E-state index contributed by atoms with van der Waals surface area (Å²) >= 11 is 6.11. The van der Waals surface area contributed by atoms with E-state index in [0.717, 1.165) is 57.4 Å². The second-order valence-electron chi connectivity index (χ2n) is 9.62. The van der Waals surface area contributed by atoms with E-state index in [0.29, 0.717) is 39.9 Å².